The SMILES string of the molecule is O=C(Oc1c(I)cccc1I)Oc1c(I)cccc1I. The van der Waals surface area contributed by atoms with Gasteiger partial charge in [0.1, 0.15) is 0 Å². The summed E-state index contributed by atoms with van der Waals surface area (Å²) in [7, 11) is 0. The summed E-state index contributed by atoms with van der Waals surface area (Å²) < 4.78 is 14.1. The summed E-state index contributed by atoms with van der Waals surface area (Å²) in [6, 6.07) is 11.3. The van der Waals surface area contributed by atoms with Crippen LogP contribution in [0.25, 0.3) is 0 Å². The normalized spacial score (nSPS) is 10.2. The molecule has 0 saturated heterocycles. The highest BCUT2D eigenvalue weighted by atomic mass is 127. The monoisotopic (exact) mass is 718 g/mol. The summed E-state index contributed by atoms with van der Waals surface area (Å²) >= 11 is 8.49. The Hall–Kier alpha value is 0.630. The Morgan fingerprint density at radius 1 is 0.700 bits per heavy atom. The zero-order chi connectivity index (χ0) is 14.7. The second kappa shape index (κ2) is 7.76. The molecule has 0 aliphatic heterocycles. The molecule has 3 nitrogen and oxygen atoms in total. The molecule has 104 valence electrons. The van der Waals surface area contributed by atoms with E-state index in [9.17, 15) is 4.79 Å². The molecule has 0 aliphatic rings. The fourth-order valence-corrected chi connectivity index (χ4v) is 4.81. The Balaban J connectivity index is 2.18. The van der Waals surface area contributed by atoms with E-state index in [1.165, 1.54) is 0 Å². The van der Waals surface area contributed by atoms with Crippen LogP contribution >= 0.6 is 90.4 Å². The first-order valence-electron chi connectivity index (χ1n) is 5.26. The second-order valence-electron chi connectivity index (χ2n) is 3.56. The Bertz CT molecular complexity index is 562. The van der Waals surface area contributed by atoms with Crippen LogP contribution < -0.4 is 9.47 Å². The van der Waals surface area contributed by atoms with Gasteiger partial charge >= 0.3 is 6.16 Å². The predicted octanol–water partition coefficient (Wildman–Crippen LogP) is 5.68. The van der Waals surface area contributed by atoms with E-state index in [0.29, 0.717) is 11.5 Å². The largest absolute Gasteiger partial charge is 0.519 e. The zero-order valence-corrected chi connectivity index (χ0v) is 18.3. The van der Waals surface area contributed by atoms with Crippen molar-refractivity contribution in [2.45, 2.75) is 0 Å². The molecule has 0 aliphatic carbocycles. The third-order valence-corrected chi connectivity index (χ3v) is 5.61. The molecule has 0 bridgehead atoms. The van der Waals surface area contributed by atoms with Gasteiger partial charge in [-0.25, -0.2) is 4.79 Å². The van der Waals surface area contributed by atoms with E-state index >= 15 is 0 Å². The van der Waals surface area contributed by atoms with Crippen LogP contribution in [0.1, 0.15) is 0 Å². The lowest BCUT2D eigenvalue weighted by molar-refractivity contribution is 0.150. The van der Waals surface area contributed by atoms with Crippen LogP contribution in [0.3, 0.4) is 0 Å². The number of halogens is 4. The van der Waals surface area contributed by atoms with E-state index in [0.717, 1.165) is 14.3 Å². The van der Waals surface area contributed by atoms with Gasteiger partial charge in [0.25, 0.3) is 0 Å². The Morgan fingerprint density at radius 3 is 1.30 bits per heavy atom. The lowest BCUT2D eigenvalue weighted by atomic mass is 10.3. The molecule has 0 saturated carbocycles. The van der Waals surface area contributed by atoms with E-state index in [1.807, 2.05) is 36.4 Å². The minimum absolute atomic E-state index is 0.527. The molecule has 20 heavy (non-hydrogen) atoms. The molecule has 0 spiro atoms. The third kappa shape index (κ3) is 4.32. The van der Waals surface area contributed by atoms with Crippen LogP contribution in [-0.2, 0) is 0 Å². The van der Waals surface area contributed by atoms with Crippen molar-refractivity contribution in [1.29, 1.82) is 0 Å². The van der Waals surface area contributed by atoms with Crippen LogP contribution in [0.2, 0.25) is 0 Å². The number of benzene rings is 2. The average molecular weight is 718 g/mol. The molecule has 0 aromatic heterocycles. The van der Waals surface area contributed by atoms with Gasteiger partial charge in [0.2, 0.25) is 0 Å². The van der Waals surface area contributed by atoms with E-state index in [2.05, 4.69) is 90.4 Å². The van der Waals surface area contributed by atoms with Crippen LogP contribution in [0, 0.1) is 14.3 Å². The van der Waals surface area contributed by atoms with Crippen LogP contribution in [0.4, 0.5) is 4.79 Å². The van der Waals surface area contributed by atoms with Crippen molar-refractivity contribution in [2.75, 3.05) is 0 Å². The highest BCUT2D eigenvalue weighted by Crippen LogP contribution is 2.30. The molecule has 0 heterocycles. The van der Waals surface area contributed by atoms with Gasteiger partial charge in [-0.3, -0.25) is 0 Å². The number of para-hydroxylation sites is 2. The molecule has 0 N–H and O–H groups in total. The molecule has 7 heteroatoms. The Morgan fingerprint density at radius 2 is 1.00 bits per heavy atom. The van der Waals surface area contributed by atoms with Gasteiger partial charge in [-0.1, -0.05) is 12.1 Å². The van der Waals surface area contributed by atoms with Crippen molar-refractivity contribution in [3.05, 3.63) is 50.7 Å². The van der Waals surface area contributed by atoms with Crippen molar-refractivity contribution < 1.29 is 14.3 Å². The van der Waals surface area contributed by atoms with Crippen molar-refractivity contribution in [3.8, 4) is 11.5 Å². The first-order valence-corrected chi connectivity index (χ1v) is 9.58. The fraction of sp³-hybridized carbons (Fsp3) is 0. The topological polar surface area (TPSA) is 35.5 Å². The summed E-state index contributed by atoms with van der Waals surface area (Å²) in [5.74, 6) is 1.05. The van der Waals surface area contributed by atoms with E-state index in [4.69, 9.17) is 9.47 Å². The molecular formula is C13H6I4O3. The lowest BCUT2D eigenvalue weighted by Crippen LogP contribution is -2.16. The molecule has 2 aromatic carbocycles. The number of carbonyl (C=O) groups is 1. The average Bonchev–Trinajstić information content (AvgIpc) is 2.39. The molecule has 0 unspecified atom stereocenters. The summed E-state index contributed by atoms with van der Waals surface area (Å²) in [6.45, 7) is 0. The molecule has 2 aromatic rings. The number of ether oxygens (including phenoxy) is 2. The van der Waals surface area contributed by atoms with E-state index in [-0.39, 0.29) is 0 Å². The maximum Gasteiger partial charge on any atom is 0.519 e. The molecule has 0 radical (unpaired) electrons. The molecular weight excluding hydrogens is 712 g/mol. The van der Waals surface area contributed by atoms with Crippen molar-refractivity contribution >= 4 is 96.5 Å². The minimum Gasteiger partial charge on any atom is -0.392 e. The van der Waals surface area contributed by atoms with Crippen molar-refractivity contribution in [3.63, 3.8) is 0 Å². The Kier molecular flexibility index (Phi) is 6.59. The van der Waals surface area contributed by atoms with Crippen LogP contribution in [-0.4, -0.2) is 6.16 Å². The lowest BCUT2D eigenvalue weighted by Gasteiger charge is -2.10. The van der Waals surface area contributed by atoms with E-state index in [1.54, 1.807) is 0 Å². The van der Waals surface area contributed by atoms with Gasteiger partial charge in [0, 0.05) is 0 Å². The first kappa shape index (κ1) is 17.0. The minimum atomic E-state index is -0.728. The van der Waals surface area contributed by atoms with Gasteiger partial charge in [0.05, 0.1) is 14.3 Å². The summed E-state index contributed by atoms with van der Waals surface area (Å²) in [6.07, 6.45) is -0.728. The maximum atomic E-state index is 11.9. The Labute approximate surface area is 170 Å². The smallest absolute Gasteiger partial charge is 0.392 e. The molecule has 2 rings (SSSR count). The summed E-state index contributed by atoms with van der Waals surface area (Å²) in [5, 5.41) is 0. The predicted molar refractivity (Wildman–Crippen MR) is 110 cm³/mol. The van der Waals surface area contributed by atoms with E-state index < -0.39 is 6.16 Å². The number of hydrogen-bond donors (Lipinski definition) is 0. The van der Waals surface area contributed by atoms with Crippen LogP contribution in [0.5, 0.6) is 11.5 Å². The molecule has 0 atom stereocenters. The number of carbonyl (C=O) groups excluding carboxylic acids is 1. The van der Waals surface area contributed by atoms with Crippen molar-refractivity contribution in [2.24, 2.45) is 0 Å². The quantitative estimate of drug-likeness (QED) is 0.228. The molecule has 0 fully saturated rings. The van der Waals surface area contributed by atoms with Gasteiger partial charge in [-0.15, -0.1) is 0 Å². The second-order valence-corrected chi connectivity index (χ2v) is 8.20. The van der Waals surface area contributed by atoms with Gasteiger partial charge in [0.15, 0.2) is 11.5 Å². The van der Waals surface area contributed by atoms with Crippen molar-refractivity contribution in [1.82, 2.24) is 0 Å². The summed E-state index contributed by atoms with van der Waals surface area (Å²) in [4.78, 5) is 11.9. The molecule has 0 amide bonds. The number of hydrogen-bond acceptors (Lipinski definition) is 3. The fourth-order valence-electron chi connectivity index (χ4n) is 1.35. The zero-order valence-electron chi connectivity index (χ0n) is 9.70. The summed E-state index contributed by atoms with van der Waals surface area (Å²) in [5.41, 5.74) is 0. The van der Waals surface area contributed by atoms with Gasteiger partial charge < -0.3 is 9.47 Å². The third-order valence-electron chi connectivity index (χ3n) is 2.21. The standard InChI is InChI=1S/C13H6I4O3/c14-7-3-1-4-8(15)11(7)19-13(18)20-12-9(16)5-2-6-10(12)17/h1-6H. The maximum absolute atomic E-state index is 11.9. The van der Waals surface area contributed by atoms with Gasteiger partial charge in [-0.2, -0.15) is 0 Å². The van der Waals surface area contributed by atoms with Gasteiger partial charge in [-0.05, 0) is 115 Å². The highest BCUT2D eigenvalue weighted by molar-refractivity contribution is 14.1. The number of rotatable bonds is 2. The first-order chi connectivity index (χ1) is 9.49. The highest BCUT2D eigenvalue weighted by Gasteiger charge is 2.16. The van der Waals surface area contributed by atoms with Crippen LogP contribution in [0.15, 0.2) is 36.4 Å².